The highest BCUT2D eigenvalue weighted by atomic mass is 35.5. The van der Waals surface area contributed by atoms with E-state index in [9.17, 15) is 0 Å². The number of likely N-dealkylation sites (N-methyl/N-ethyl adjacent to an activating group) is 1. The molecule has 0 radical (unpaired) electrons. The molecule has 1 aromatic carbocycles. The molecule has 21 heavy (non-hydrogen) atoms. The average molecular weight is 307 g/mol. The molecule has 0 aliphatic rings. The van der Waals surface area contributed by atoms with Gasteiger partial charge in [-0.2, -0.15) is 0 Å². The molecule has 0 amide bonds. The predicted molar refractivity (Wildman–Crippen MR) is 87.5 cm³/mol. The van der Waals surface area contributed by atoms with E-state index in [4.69, 9.17) is 21.8 Å². The number of nitrogens with zero attached hydrogens (tertiary/aromatic N) is 1. The van der Waals surface area contributed by atoms with Crippen molar-refractivity contribution < 1.29 is 4.42 Å². The van der Waals surface area contributed by atoms with Crippen LogP contribution in [0, 0.1) is 6.92 Å². The van der Waals surface area contributed by atoms with Gasteiger partial charge in [0.1, 0.15) is 11.5 Å². The fraction of sp³-hybridized carbons (Fsp3) is 0.412. The van der Waals surface area contributed by atoms with E-state index >= 15 is 0 Å². The third-order valence-electron chi connectivity index (χ3n) is 4.05. The Hall–Kier alpha value is -1.29. The monoisotopic (exact) mass is 306 g/mol. The smallest absolute Gasteiger partial charge is 0.118 e. The summed E-state index contributed by atoms with van der Waals surface area (Å²) in [5.74, 6) is 1.90. The van der Waals surface area contributed by atoms with Gasteiger partial charge in [-0.15, -0.1) is 0 Å². The van der Waals surface area contributed by atoms with Crippen molar-refractivity contribution in [1.29, 1.82) is 0 Å². The van der Waals surface area contributed by atoms with Crippen molar-refractivity contribution in [3.8, 4) is 0 Å². The molecule has 0 saturated heterocycles. The summed E-state index contributed by atoms with van der Waals surface area (Å²) in [5.41, 5.74) is 7.15. The first-order chi connectivity index (χ1) is 9.93. The number of rotatable bonds is 6. The van der Waals surface area contributed by atoms with E-state index in [0.29, 0.717) is 6.54 Å². The van der Waals surface area contributed by atoms with Gasteiger partial charge in [-0.1, -0.05) is 23.7 Å². The Morgan fingerprint density at radius 2 is 1.86 bits per heavy atom. The van der Waals surface area contributed by atoms with Crippen molar-refractivity contribution in [2.24, 2.45) is 5.73 Å². The minimum atomic E-state index is -0.130. The quantitative estimate of drug-likeness (QED) is 0.886. The minimum absolute atomic E-state index is 0.130. The fourth-order valence-corrected chi connectivity index (χ4v) is 2.53. The van der Waals surface area contributed by atoms with Crippen LogP contribution in [0.15, 0.2) is 40.8 Å². The van der Waals surface area contributed by atoms with E-state index in [1.54, 1.807) is 0 Å². The average Bonchev–Trinajstić information content (AvgIpc) is 2.86. The van der Waals surface area contributed by atoms with Gasteiger partial charge in [-0.05, 0) is 57.1 Å². The van der Waals surface area contributed by atoms with Crippen LogP contribution in [0.4, 0.5) is 0 Å². The molecule has 1 heterocycles. The van der Waals surface area contributed by atoms with Crippen molar-refractivity contribution in [2.45, 2.75) is 32.4 Å². The lowest BCUT2D eigenvalue weighted by Gasteiger charge is -2.38. The zero-order valence-corrected chi connectivity index (χ0v) is 13.7. The van der Waals surface area contributed by atoms with E-state index in [0.717, 1.165) is 29.5 Å². The summed E-state index contributed by atoms with van der Waals surface area (Å²) in [6, 6.07) is 12.0. The van der Waals surface area contributed by atoms with Crippen LogP contribution < -0.4 is 5.73 Å². The second-order valence-electron chi connectivity index (χ2n) is 5.87. The van der Waals surface area contributed by atoms with E-state index in [1.807, 2.05) is 31.2 Å². The molecule has 0 aliphatic carbocycles. The number of furan rings is 1. The van der Waals surface area contributed by atoms with E-state index in [2.05, 4.69) is 31.0 Å². The predicted octanol–water partition coefficient (Wildman–Crippen LogP) is 3.63. The molecule has 2 aromatic rings. The van der Waals surface area contributed by atoms with Crippen LogP contribution in [0.2, 0.25) is 5.02 Å². The van der Waals surface area contributed by atoms with Gasteiger partial charge < -0.3 is 10.2 Å². The summed E-state index contributed by atoms with van der Waals surface area (Å²) in [6.07, 6.45) is 0.872. The maximum absolute atomic E-state index is 6.05. The molecule has 4 heteroatoms. The molecule has 0 aliphatic heterocycles. The van der Waals surface area contributed by atoms with E-state index in [1.165, 1.54) is 5.56 Å². The first-order valence-electron chi connectivity index (χ1n) is 7.14. The molecule has 0 saturated carbocycles. The lowest BCUT2D eigenvalue weighted by atomic mass is 9.91. The molecule has 114 valence electrons. The standard InChI is InChI=1S/C17H23ClN2O/c1-13-4-9-16(21-13)11-20(3)17(2,12-19)10-14-5-7-15(18)8-6-14/h4-9H,10-12,19H2,1-3H3. The molecule has 2 N–H and O–H groups in total. The maximum atomic E-state index is 6.05. The van der Waals surface area contributed by atoms with Gasteiger partial charge in [0.15, 0.2) is 0 Å². The summed E-state index contributed by atoms with van der Waals surface area (Å²) in [6.45, 7) is 5.46. The lowest BCUT2D eigenvalue weighted by molar-refractivity contribution is 0.126. The van der Waals surface area contributed by atoms with E-state index in [-0.39, 0.29) is 5.54 Å². The van der Waals surface area contributed by atoms with Gasteiger partial charge in [-0.25, -0.2) is 0 Å². The van der Waals surface area contributed by atoms with Crippen LogP contribution in [0.3, 0.4) is 0 Å². The molecule has 2 rings (SSSR count). The Balaban J connectivity index is 2.09. The van der Waals surface area contributed by atoms with Crippen LogP contribution in [0.25, 0.3) is 0 Å². The maximum Gasteiger partial charge on any atom is 0.118 e. The SMILES string of the molecule is Cc1ccc(CN(C)C(C)(CN)Cc2ccc(Cl)cc2)o1. The van der Waals surface area contributed by atoms with Gasteiger partial charge in [0.05, 0.1) is 6.54 Å². The van der Waals surface area contributed by atoms with Gasteiger partial charge in [0.25, 0.3) is 0 Å². The zero-order chi connectivity index (χ0) is 15.5. The van der Waals surface area contributed by atoms with Crippen molar-refractivity contribution in [3.63, 3.8) is 0 Å². The molecule has 3 nitrogen and oxygen atoms in total. The summed E-state index contributed by atoms with van der Waals surface area (Å²) in [7, 11) is 2.08. The van der Waals surface area contributed by atoms with Crippen molar-refractivity contribution in [3.05, 3.63) is 58.5 Å². The van der Waals surface area contributed by atoms with Crippen molar-refractivity contribution in [2.75, 3.05) is 13.6 Å². The van der Waals surface area contributed by atoms with Crippen LogP contribution in [-0.2, 0) is 13.0 Å². The first-order valence-corrected chi connectivity index (χ1v) is 7.52. The first kappa shape index (κ1) is 16.1. The highest BCUT2D eigenvalue weighted by Gasteiger charge is 2.28. The van der Waals surface area contributed by atoms with E-state index < -0.39 is 0 Å². The lowest BCUT2D eigenvalue weighted by Crippen LogP contribution is -2.50. The second kappa shape index (κ2) is 6.65. The molecule has 0 fully saturated rings. The number of hydrogen-bond acceptors (Lipinski definition) is 3. The minimum Gasteiger partial charge on any atom is -0.465 e. The Kier molecular flexibility index (Phi) is 5.09. The van der Waals surface area contributed by atoms with Gasteiger partial charge in [-0.3, -0.25) is 4.90 Å². The summed E-state index contributed by atoms with van der Waals surface area (Å²) >= 11 is 5.94. The van der Waals surface area contributed by atoms with Crippen molar-refractivity contribution >= 4 is 11.6 Å². The van der Waals surface area contributed by atoms with Gasteiger partial charge in [0.2, 0.25) is 0 Å². The molecule has 0 bridgehead atoms. The molecule has 1 aromatic heterocycles. The molecule has 0 spiro atoms. The Morgan fingerprint density at radius 3 is 2.38 bits per heavy atom. The largest absolute Gasteiger partial charge is 0.465 e. The number of hydrogen-bond donors (Lipinski definition) is 1. The third-order valence-corrected chi connectivity index (χ3v) is 4.30. The molecular weight excluding hydrogens is 284 g/mol. The van der Waals surface area contributed by atoms with Crippen molar-refractivity contribution in [1.82, 2.24) is 4.90 Å². The second-order valence-corrected chi connectivity index (χ2v) is 6.31. The zero-order valence-electron chi connectivity index (χ0n) is 12.9. The Labute approximate surface area is 131 Å². The van der Waals surface area contributed by atoms with Crippen LogP contribution in [-0.4, -0.2) is 24.0 Å². The Morgan fingerprint density at radius 1 is 1.19 bits per heavy atom. The summed E-state index contributed by atoms with van der Waals surface area (Å²) in [4.78, 5) is 2.25. The van der Waals surface area contributed by atoms with Crippen LogP contribution in [0.5, 0.6) is 0 Å². The number of benzene rings is 1. The highest BCUT2D eigenvalue weighted by Crippen LogP contribution is 2.22. The highest BCUT2D eigenvalue weighted by molar-refractivity contribution is 6.30. The summed E-state index contributed by atoms with van der Waals surface area (Å²) < 4.78 is 5.66. The molecular formula is C17H23ClN2O. The third kappa shape index (κ3) is 4.10. The Bertz CT molecular complexity index is 579. The van der Waals surface area contributed by atoms with Crippen LogP contribution >= 0.6 is 11.6 Å². The molecule has 1 unspecified atom stereocenters. The number of aryl methyl sites for hydroxylation is 1. The molecule has 1 atom stereocenters. The van der Waals surface area contributed by atoms with Gasteiger partial charge in [0, 0.05) is 17.1 Å². The van der Waals surface area contributed by atoms with Gasteiger partial charge >= 0.3 is 0 Å². The topological polar surface area (TPSA) is 42.4 Å². The normalized spacial score (nSPS) is 14.4. The summed E-state index contributed by atoms with van der Waals surface area (Å²) in [5, 5.41) is 0.757. The van der Waals surface area contributed by atoms with Crippen LogP contribution in [0.1, 0.15) is 24.0 Å². The number of nitrogens with two attached hydrogens (primary N) is 1. The number of halogens is 1. The fourth-order valence-electron chi connectivity index (χ4n) is 2.40.